The summed E-state index contributed by atoms with van der Waals surface area (Å²) in [4.78, 5) is 29.8. The van der Waals surface area contributed by atoms with Crippen LogP contribution in [-0.2, 0) is 11.0 Å². The second kappa shape index (κ2) is 8.91. The monoisotopic (exact) mass is 435 g/mol. The molecule has 5 nitrogen and oxygen atoms in total. The number of nitrogens with zero attached hydrogens (tertiary/aromatic N) is 2. The van der Waals surface area contributed by atoms with Crippen LogP contribution in [0.2, 0.25) is 0 Å². The number of nitrogens with one attached hydrogen (secondary N) is 1. The Morgan fingerprint density at radius 1 is 1.17 bits per heavy atom. The molecule has 2 aromatic carbocycles. The maximum Gasteiger partial charge on any atom is 0.418 e. The quantitative estimate of drug-likeness (QED) is 0.431. The molecule has 0 unspecified atom stereocenters. The van der Waals surface area contributed by atoms with Gasteiger partial charge in [-0.1, -0.05) is 43.0 Å². The molecule has 1 N–H and O–H groups in total. The lowest BCUT2D eigenvalue weighted by atomic mass is 10.1. The van der Waals surface area contributed by atoms with Crippen molar-refractivity contribution in [2.75, 3.05) is 11.1 Å². The molecule has 0 saturated carbocycles. The van der Waals surface area contributed by atoms with Crippen molar-refractivity contribution in [1.29, 1.82) is 0 Å². The first-order chi connectivity index (χ1) is 14.2. The van der Waals surface area contributed by atoms with Crippen molar-refractivity contribution in [2.45, 2.75) is 37.6 Å². The molecule has 30 heavy (non-hydrogen) atoms. The lowest BCUT2D eigenvalue weighted by Crippen LogP contribution is -2.26. The Bertz CT molecular complexity index is 1130. The van der Waals surface area contributed by atoms with E-state index in [4.69, 9.17) is 0 Å². The van der Waals surface area contributed by atoms with Crippen LogP contribution in [0, 0.1) is 0 Å². The van der Waals surface area contributed by atoms with Gasteiger partial charge in [-0.2, -0.15) is 13.2 Å². The Hall–Kier alpha value is -2.81. The summed E-state index contributed by atoms with van der Waals surface area (Å²) in [6.07, 6.45) is -3.90. The Balaban J connectivity index is 1.86. The molecule has 0 aliphatic carbocycles. The average molecular weight is 435 g/mol. The highest BCUT2D eigenvalue weighted by atomic mass is 32.2. The fourth-order valence-corrected chi connectivity index (χ4v) is 3.85. The molecule has 9 heteroatoms. The number of carbonyl (C=O) groups excluding carboxylic acids is 1. The molecule has 3 rings (SSSR count). The summed E-state index contributed by atoms with van der Waals surface area (Å²) in [5, 5.41) is 3.14. The number of alkyl halides is 3. The first-order valence-corrected chi connectivity index (χ1v) is 10.3. The van der Waals surface area contributed by atoms with Crippen molar-refractivity contribution < 1.29 is 18.0 Å². The van der Waals surface area contributed by atoms with Crippen LogP contribution in [0.3, 0.4) is 0 Å². The summed E-state index contributed by atoms with van der Waals surface area (Å²) in [5.74, 6) is -0.803. The average Bonchev–Trinajstić information content (AvgIpc) is 2.71. The summed E-state index contributed by atoms with van der Waals surface area (Å²) >= 11 is 1.02. The zero-order valence-corrected chi connectivity index (χ0v) is 17.2. The van der Waals surface area contributed by atoms with Crippen molar-refractivity contribution in [3.8, 4) is 0 Å². The molecular weight excluding hydrogens is 415 g/mol. The standard InChI is InChI=1S/C21H20F3N3O2S/c1-3-13(2)27-19(29)14-8-4-6-10-16(14)26-20(27)30-12-18(28)25-17-11-7-5-9-15(17)21(22,23)24/h4-11,13H,3,12H2,1-2H3,(H,25,28)/t13-/m1/s1. The molecule has 0 spiro atoms. The summed E-state index contributed by atoms with van der Waals surface area (Å²) in [6.45, 7) is 3.81. The van der Waals surface area contributed by atoms with Crippen LogP contribution < -0.4 is 10.9 Å². The van der Waals surface area contributed by atoms with Gasteiger partial charge < -0.3 is 5.32 Å². The number of hydrogen-bond acceptors (Lipinski definition) is 4. The number of halogens is 3. The minimum atomic E-state index is -4.58. The fraction of sp³-hybridized carbons (Fsp3) is 0.286. The minimum Gasteiger partial charge on any atom is -0.325 e. The zero-order chi connectivity index (χ0) is 21.9. The van der Waals surface area contributed by atoms with Crippen molar-refractivity contribution in [3.05, 3.63) is 64.4 Å². The van der Waals surface area contributed by atoms with Gasteiger partial charge in [0.2, 0.25) is 5.91 Å². The highest BCUT2D eigenvalue weighted by Crippen LogP contribution is 2.34. The second-order valence-electron chi connectivity index (χ2n) is 6.72. The maximum atomic E-state index is 13.1. The molecule has 0 aliphatic rings. The van der Waals surface area contributed by atoms with Gasteiger partial charge >= 0.3 is 6.18 Å². The smallest absolute Gasteiger partial charge is 0.325 e. The zero-order valence-electron chi connectivity index (χ0n) is 16.4. The van der Waals surface area contributed by atoms with Gasteiger partial charge in [-0.15, -0.1) is 0 Å². The summed E-state index contributed by atoms with van der Waals surface area (Å²) < 4.78 is 40.9. The lowest BCUT2D eigenvalue weighted by Gasteiger charge is -2.18. The number of hydrogen-bond donors (Lipinski definition) is 1. The molecule has 1 heterocycles. The van der Waals surface area contributed by atoms with Gasteiger partial charge in [0.25, 0.3) is 5.56 Å². The van der Waals surface area contributed by atoms with Gasteiger partial charge in [0, 0.05) is 6.04 Å². The van der Waals surface area contributed by atoms with Crippen LogP contribution in [0.25, 0.3) is 10.9 Å². The van der Waals surface area contributed by atoms with E-state index in [2.05, 4.69) is 10.3 Å². The van der Waals surface area contributed by atoms with E-state index < -0.39 is 17.6 Å². The Morgan fingerprint density at radius 2 is 1.83 bits per heavy atom. The second-order valence-corrected chi connectivity index (χ2v) is 7.67. The Kier molecular flexibility index (Phi) is 6.50. The van der Waals surface area contributed by atoms with Gasteiger partial charge in [0.15, 0.2) is 5.16 Å². The predicted molar refractivity (Wildman–Crippen MR) is 112 cm³/mol. The van der Waals surface area contributed by atoms with Crippen LogP contribution in [0.15, 0.2) is 58.5 Å². The number of para-hydroxylation sites is 2. The van der Waals surface area contributed by atoms with E-state index in [0.29, 0.717) is 22.5 Å². The van der Waals surface area contributed by atoms with Crippen LogP contribution in [0.4, 0.5) is 18.9 Å². The van der Waals surface area contributed by atoms with Crippen LogP contribution in [0.5, 0.6) is 0 Å². The molecule has 3 aromatic rings. The molecule has 0 aliphatic heterocycles. The Labute approximate surface area is 175 Å². The molecular formula is C21H20F3N3O2S. The molecule has 0 saturated heterocycles. The number of aromatic nitrogens is 2. The SMILES string of the molecule is CC[C@@H](C)n1c(SCC(=O)Nc2ccccc2C(F)(F)F)nc2ccccc2c1=O. The highest BCUT2D eigenvalue weighted by molar-refractivity contribution is 7.99. The van der Waals surface area contributed by atoms with Crippen LogP contribution >= 0.6 is 11.8 Å². The number of amides is 1. The number of anilines is 1. The molecule has 1 amide bonds. The molecule has 0 radical (unpaired) electrons. The van der Waals surface area contributed by atoms with E-state index in [9.17, 15) is 22.8 Å². The first kappa shape index (κ1) is 21.9. The van der Waals surface area contributed by atoms with Crippen LogP contribution in [0.1, 0.15) is 31.9 Å². The highest BCUT2D eigenvalue weighted by Gasteiger charge is 2.33. The van der Waals surface area contributed by atoms with Gasteiger partial charge in [-0.3, -0.25) is 14.2 Å². The number of benzene rings is 2. The summed E-state index contributed by atoms with van der Waals surface area (Å²) in [7, 11) is 0. The van der Waals surface area contributed by atoms with Gasteiger partial charge in [0.05, 0.1) is 27.9 Å². The van der Waals surface area contributed by atoms with E-state index >= 15 is 0 Å². The molecule has 158 valence electrons. The molecule has 0 bridgehead atoms. The lowest BCUT2D eigenvalue weighted by molar-refractivity contribution is -0.137. The van der Waals surface area contributed by atoms with Gasteiger partial charge in [-0.05, 0) is 37.6 Å². The van der Waals surface area contributed by atoms with Crippen molar-refractivity contribution in [1.82, 2.24) is 9.55 Å². The summed E-state index contributed by atoms with van der Waals surface area (Å²) in [6, 6.07) is 11.6. The molecule has 0 fully saturated rings. The normalized spacial score (nSPS) is 12.7. The third-order valence-corrected chi connectivity index (χ3v) is 5.60. The molecule has 1 atom stereocenters. The number of thioether (sulfide) groups is 1. The third-order valence-electron chi connectivity index (χ3n) is 4.65. The van der Waals surface area contributed by atoms with Crippen molar-refractivity contribution in [2.24, 2.45) is 0 Å². The van der Waals surface area contributed by atoms with Gasteiger partial charge in [0.1, 0.15) is 0 Å². The van der Waals surface area contributed by atoms with Gasteiger partial charge in [-0.25, -0.2) is 4.98 Å². The van der Waals surface area contributed by atoms with Crippen molar-refractivity contribution >= 4 is 34.3 Å². The third kappa shape index (κ3) is 4.67. The van der Waals surface area contributed by atoms with E-state index in [0.717, 1.165) is 17.8 Å². The largest absolute Gasteiger partial charge is 0.418 e. The maximum absolute atomic E-state index is 13.1. The van der Waals surface area contributed by atoms with Crippen molar-refractivity contribution in [3.63, 3.8) is 0 Å². The fourth-order valence-electron chi connectivity index (χ4n) is 2.95. The summed E-state index contributed by atoms with van der Waals surface area (Å²) in [5.41, 5.74) is -0.919. The van der Waals surface area contributed by atoms with E-state index in [-0.39, 0.29) is 23.0 Å². The Morgan fingerprint density at radius 3 is 2.53 bits per heavy atom. The topological polar surface area (TPSA) is 64.0 Å². The van der Waals surface area contributed by atoms with E-state index in [1.54, 1.807) is 24.3 Å². The first-order valence-electron chi connectivity index (χ1n) is 9.32. The molecule has 1 aromatic heterocycles. The van der Waals surface area contributed by atoms with Crippen LogP contribution in [-0.4, -0.2) is 21.2 Å². The minimum absolute atomic E-state index is 0.147. The predicted octanol–water partition coefficient (Wildman–Crippen LogP) is 5.12. The number of rotatable bonds is 6. The number of fused-ring (bicyclic) bond motifs is 1. The van der Waals surface area contributed by atoms with E-state index in [1.807, 2.05) is 13.8 Å². The number of carbonyl (C=O) groups is 1. The van der Waals surface area contributed by atoms with E-state index in [1.165, 1.54) is 22.8 Å².